The maximum atomic E-state index is 11.1. The molecule has 19 heavy (non-hydrogen) atoms. The van der Waals surface area contributed by atoms with E-state index < -0.39 is 10.0 Å². The molecule has 0 aliphatic carbocycles. The van der Waals surface area contributed by atoms with Crippen LogP contribution in [0.5, 0.6) is 0 Å². The SMILES string of the molecule is NS(=O)(=O)c1ccc(CNCc2cncnc2)cc1. The van der Waals surface area contributed by atoms with Gasteiger partial charge in [0, 0.05) is 31.0 Å². The van der Waals surface area contributed by atoms with E-state index in [1.54, 1.807) is 24.5 Å². The molecular weight excluding hydrogens is 264 g/mol. The van der Waals surface area contributed by atoms with Crippen molar-refractivity contribution in [3.63, 3.8) is 0 Å². The van der Waals surface area contributed by atoms with E-state index >= 15 is 0 Å². The van der Waals surface area contributed by atoms with E-state index in [9.17, 15) is 8.42 Å². The summed E-state index contributed by atoms with van der Waals surface area (Å²) in [7, 11) is -3.62. The Bertz CT molecular complexity index is 627. The van der Waals surface area contributed by atoms with E-state index in [1.165, 1.54) is 18.5 Å². The van der Waals surface area contributed by atoms with Gasteiger partial charge in [-0.2, -0.15) is 0 Å². The minimum Gasteiger partial charge on any atom is -0.309 e. The Morgan fingerprint density at radius 1 is 1.00 bits per heavy atom. The summed E-state index contributed by atoms with van der Waals surface area (Å²) in [4.78, 5) is 7.95. The van der Waals surface area contributed by atoms with Crippen LogP contribution in [0.2, 0.25) is 0 Å². The van der Waals surface area contributed by atoms with E-state index in [1.807, 2.05) is 0 Å². The number of primary sulfonamides is 1. The standard InChI is InChI=1S/C12H14N4O2S/c13-19(17,18)12-3-1-10(2-4-12)5-14-6-11-7-15-9-16-8-11/h1-4,7-9,14H,5-6H2,(H2,13,17,18). The summed E-state index contributed by atoms with van der Waals surface area (Å²) in [6, 6.07) is 6.46. The Morgan fingerprint density at radius 3 is 2.16 bits per heavy atom. The molecule has 2 rings (SSSR count). The molecule has 2 aromatic rings. The number of sulfonamides is 1. The molecule has 6 nitrogen and oxygen atoms in total. The number of aromatic nitrogens is 2. The molecule has 100 valence electrons. The van der Waals surface area contributed by atoms with Crippen molar-refractivity contribution in [1.29, 1.82) is 0 Å². The molecule has 0 unspecified atom stereocenters. The number of hydrogen-bond acceptors (Lipinski definition) is 5. The predicted molar refractivity (Wildman–Crippen MR) is 70.4 cm³/mol. The van der Waals surface area contributed by atoms with Crippen LogP contribution < -0.4 is 10.5 Å². The second-order valence-electron chi connectivity index (χ2n) is 4.04. The first kappa shape index (κ1) is 13.6. The zero-order valence-corrected chi connectivity index (χ0v) is 11.0. The summed E-state index contributed by atoms with van der Waals surface area (Å²) in [6.45, 7) is 1.28. The molecule has 1 aromatic heterocycles. The molecule has 0 amide bonds. The molecule has 0 bridgehead atoms. The van der Waals surface area contributed by atoms with Crippen molar-refractivity contribution in [2.75, 3.05) is 0 Å². The van der Waals surface area contributed by atoms with Crippen LogP contribution in [0.3, 0.4) is 0 Å². The maximum absolute atomic E-state index is 11.1. The predicted octanol–water partition coefficient (Wildman–Crippen LogP) is 0.414. The quantitative estimate of drug-likeness (QED) is 0.825. The number of nitrogens with one attached hydrogen (secondary N) is 1. The van der Waals surface area contributed by atoms with Gasteiger partial charge in [-0.15, -0.1) is 0 Å². The van der Waals surface area contributed by atoms with Crippen LogP contribution in [0.15, 0.2) is 47.9 Å². The lowest BCUT2D eigenvalue weighted by Crippen LogP contribution is -2.14. The first-order valence-corrected chi connectivity index (χ1v) is 7.17. The van der Waals surface area contributed by atoms with Gasteiger partial charge in [0.25, 0.3) is 0 Å². The van der Waals surface area contributed by atoms with Crippen molar-refractivity contribution in [2.45, 2.75) is 18.0 Å². The molecule has 0 aliphatic heterocycles. The lowest BCUT2D eigenvalue weighted by atomic mass is 10.2. The average Bonchev–Trinajstić information content (AvgIpc) is 2.39. The zero-order chi connectivity index (χ0) is 13.7. The van der Waals surface area contributed by atoms with E-state index in [0.29, 0.717) is 13.1 Å². The van der Waals surface area contributed by atoms with Crippen molar-refractivity contribution < 1.29 is 8.42 Å². The van der Waals surface area contributed by atoms with Crippen LogP contribution in [-0.4, -0.2) is 18.4 Å². The fourth-order valence-corrected chi connectivity index (χ4v) is 2.08. The fourth-order valence-electron chi connectivity index (χ4n) is 1.57. The maximum Gasteiger partial charge on any atom is 0.238 e. The van der Waals surface area contributed by atoms with Crippen molar-refractivity contribution in [3.05, 3.63) is 54.1 Å². The van der Waals surface area contributed by atoms with Gasteiger partial charge in [-0.1, -0.05) is 12.1 Å². The third-order valence-electron chi connectivity index (χ3n) is 2.52. The van der Waals surface area contributed by atoms with Gasteiger partial charge in [-0.3, -0.25) is 0 Å². The highest BCUT2D eigenvalue weighted by Crippen LogP contribution is 2.08. The van der Waals surface area contributed by atoms with Gasteiger partial charge in [0.15, 0.2) is 0 Å². The monoisotopic (exact) mass is 278 g/mol. The molecule has 3 N–H and O–H groups in total. The Labute approximate surface area is 111 Å². The summed E-state index contributed by atoms with van der Waals surface area (Å²) in [5.74, 6) is 0. The summed E-state index contributed by atoms with van der Waals surface area (Å²) < 4.78 is 22.2. The van der Waals surface area contributed by atoms with Crippen LogP contribution in [0.25, 0.3) is 0 Å². The molecule has 0 atom stereocenters. The van der Waals surface area contributed by atoms with Crippen LogP contribution in [0.1, 0.15) is 11.1 Å². The Kier molecular flexibility index (Phi) is 4.20. The molecule has 0 spiro atoms. The average molecular weight is 278 g/mol. The molecule has 0 saturated heterocycles. The first-order valence-electron chi connectivity index (χ1n) is 5.62. The van der Waals surface area contributed by atoms with Crippen molar-refractivity contribution in [3.8, 4) is 0 Å². The van der Waals surface area contributed by atoms with E-state index in [4.69, 9.17) is 5.14 Å². The van der Waals surface area contributed by atoms with Gasteiger partial charge in [-0.05, 0) is 17.7 Å². The number of nitrogens with two attached hydrogens (primary N) is 1. The Hall–Kier alpha value is -1.83. The second-order valence-corrected chi connectivity index (χ2v) is 5.60. The first-order chi connectivity index (χ1) is 9.05. The van der Waals surface area contributed by atoms with Crippen molar-refractivity contribution in [1.82, 2.24) is 15.3 Å². The van der Waals surface area contributed by atoms with Crippen molar-refractivity contribution in [2.24, 2.45) is 5.14 Å². The topological polar surface area (TPSA) is 98.0 Å². The molecule has 0 radical (unpaired) electrons. The van der Waals surface area contributed by atoms with Crippen molar-refractivity contribution >= 4 is 10.0 Å². The third-order valence-corrected chi connectivity index (χ3v) is 3.45. The van der Waals surface area contributed by atoms with Crippen LogP contribution in [-0.2, 0) is 23.1 Å². The van der Waals surface area contributed by atoms with Gasteiger partial charge in [0.1, 0.15) is 6.33 Å². The largest absolute Gasteiger partial charge is 0.309 e. The molecule has 1 aromatic carbocycles. The zero-order valence-electron chi connectivity index (χ0n) is 10.2. The minimum atomic E-state index is -3.62. The molecule has 0 aliphatic rings. The highest BCUT2D eigenvalue weighted by Gasteiger charge is 2.06. The van der Waals surface area contributed by atoms with E-state index in [0.717, 1.165) is 11.1 Å². The lowest BCUT2D eigenvalue weighted by molar-refractivity contribution is 0.597. The summed E-state index contributed by atoms with van der Waals surface area (Å²) in [5.41, 5.74) is 1.97. The molecule has 0 fully saturated rings. The van der Waals surface area contributed by atoms with Gasteiger partial charge in [0.05, 0.1) is 4.90 Å². The number of hydrogen-bond donors (Lipinski definition) is 2. The molecule has 7 heteroatoms. The highest BCUT2D eigenvalue weighted by atomic mass is 32.2. The number of benzene rings is 1. The number of rotatable bonds is 5. The van der Waals surface area contributed by atoms with E-state index in [2.05, 4.69) is 15.3 Å². The molecular formula is C12H14N4O2S. The smallest absolute Gasteiger partial charge is 0.238 e. The number of nitrogens with zero attached hydrogens (tertiary/aromatic N) is 2. The second kappa shape index (κ2) is 5.87. The normalized spacial score (nSPS) is 11.4. The van der Waals surface area contributed by atoms with Crippen LogP contribution >= 0.6 is 0 Å². The summed E-state index contributed by atoms with van der Waals surface area (Å²) in [6.07, 6.45) is 4.96. The van der Waals surface area contributed by atoms with Crippen LogP contribution in [0.4, 0.5) is 0 Å². The summed E-state index contributed by atoms with van der Waals surface area (Å²) in [5, 5.41) is 8.24. The van der Waals surface area contributed by atoms with Gasteiger partial charge in [-0.25, -0.2) is 23.5 Å². The van der Waals surface area contributed by atoms with Crippen LogP contribution in [0, 0.1) is 0 Å². The summed E-state index contributed by atoms with van der Waals surface area (Å²) >= 11 is 0. The highest BCUT2D eigenvalue weighted by molar-refractivity contribution is 7.89. The molecule has 0 saturated carbocycles. The minimum absolute atomic E-state index is 0.118. The third kappa shape index (κ3) is 4.09. The van der Waals surface area contributed by atoms with Gasteiger partial charge >= 0.3 is 0 Å². The van der Waals surface area contributed by atoms with Gasteiger partial charge < -0.3 is 5.32 Å². The molecule has 1 heterocycles. The lowest BCUT2D eigenvalue weighted by Gasteiger charge is -2.05. The van der Waals surface area contributed by atoms with E-state index in [-0.39, 0.29) is 4.90 Å². The van der Waals surface area contributed by atoms with Gasteiger partial charge in [0.2, 0.25) is 10.0 Å². The fraction of sp³-hybridized carbons (Fsp3) is 0.167. The Balaban J connectivity index is 1.90. The Morgan fingerprint density at radius 2 is 1.58 bits per heavy atom.